The standard InChI is InChI=1S/C12H13N3O2S/c13-7-9-3-4-10(6-12(9)15(16)17)14-8-11-2-1-5-18-11/h3-4,6,11,14H,1-2,5,8H2. The molecule has 0 amide bonds. The Bertz CT molecular complexity index is 493. The van der Waals surface area contributed by atoms with Crippen LogP contribution < -0.4 is 5.32 Å². The van der Waals surface area contributed by atoms with Crippen LogP contribution in [0.4, 0.5) is 11.4 Å². The number of nitro groups is 1. The molecule has 2 rings (SSSR count). The van der Waals surface area contributed by atoms with Crippen molar-refractivity contribution in [3.63, 3.8) is 0 Å². The third-order valence-electron chi connectivity index (χ3n) is 2.87. The second-order valence-electron chi connectivity index (χ2n) is 4.12. The molecule has 1 atom stereocenters. The summed E-state index contributed by atoms with van der Waals surface area (Å²) in [4.78, 5) is 10.3. The highest BCUT2D eigenvalue weighted by atomic mass is 32.2. The van der Waals surface area contributed by atoms with Gasteiger partial charge in [-0.2, -0.15) is 17.0 Å². The minimum atomic E-state index is -0.520. The fourth-order valence-corrected chi connectivity index (χ4v) is 3.13. The van der Waals surface area contributed by atoms with Gasteiger partial charge in [0.25, 0.3) is 5.69 Å². The molecular weight excluding hydrogens is 250 g/mol. The Kier molecular flexibility index (Phi) is 4.05. The van der Waals surface area contributed by atoms with Crippen LogP contribution in [-0.2, 0) is 0 Å². The smallest absolute Gasteiger partial charge is 0.289 e. The molecule has 1 aromatic rings. The van der Waals surface area contributed by atoms with Crippen LogP contribution in [0.1, 0.15) is 18.4 Å². The zero-order valence-corrected chi connectivity index (χ0v) is 10.6. The fraction of sp³-hybridized carbons (Fsp3) is 0.417. The number of nitriles is 1. The first kappa shape index (κ1) is 12.7. The third-order valence-corrected chi connectivity index (χ3v) is 4.27. The number of anilines is 1. The molecule has 0 bridgehead atoms. The van der Waals surface area contributed by atoms with Crippen LogP contribution in [0.5, 0.6) is 0 Å². The summed E-state index contributed by atoms with van der Waals surface area (Å²) in [6, 6.07) is 6.46. The van der Waals surface area contributed by atoms with E-state index >= 15 is 0 Å². The Morgan fingerprint density at radius 3 is 3.06 bits per heavy atom. The van der Waals surface area contributed by atoms with Gasteiger partial charge in [-0.3, -0.25) is 10.1 Å². The maximum atomic E-state index is 10.8. The van der Waals surface area contributed by atoms with E-state index in [1.54, 1.807) is 6.07 Å². The minimum Gasteiger partial charge on any atom is -0.384 e. The quantitative estimate of drug-likeness (QED) is 0.667. The van der Waals surface area contributed by atoms with Crippen molar-refractivity contribution in [1.82, 2.24) is 0 Å². The molecule has 5 nitrogen and oxygen atoms in total. The molecule has 94 valence electrons. The number of rotatable bonds is 4. The molecule has 18 heavy (non-hydrogen) atoms. The second kappa shape index (κ2) is 5.74. The summed E-state index contributed by atoms with van der Waals surface area (Å²) in [5.74, 6) is 1.19. The van der Waals surface area contributed by atoms with Gasteiger partial charge >= 0.3 is 0 Å². The highest BCUT2D eigenvalue weighted by molar-refractivity contribution is 8.00. The number of thioether (sulfide) groups is 1. The Morgan fingerprint density at radius 2 is 2.44 bits per heavy atom. The molecule has 0 radical (unpaired) electrons. The second-order valence-corrected chi connectivity index (χ2v) is 5.53. The minimum absolute atomic E-state index is 0.0980. The van der Waals surface area contributed by atoms with Crippen molar-refractivity contribution in [2.75, 3.05) is 17.6 Å². The van der Waals surface area contributed by atoms with E-state index in [1.165, 1.54) is 30.7 Å². The van der Waals surface area contributed by atoms with E-state index in [0.29, 0.717) is 10.9 Å². The predicted octanol–water partition coefficient (Wildman–Crippen LogP) is 2.77. The first-order valence-electron chi connectivity index (χ1n) is 5.74. The van der Waals surface area contributed by atoms with Gasteiger partial charge in [-0.15, -0.1) is 0 Å². The largest absolute Gasteiger partial charge is 0.384 e. The number of hydrogen-bond donors (Lipinski definition) is 1. The SMILES string of the molecule is N#Cc1ccc(NCC2CCCS2)cc1[N+](=O)[O-]. The van der Waals surface area contributed by atoms with Crippen LogP contribution in [-0.4, -0.2) is 22.5 Å². The molecule has 1 saturated heterocycles. The molecule has 6 heteroatoms. The molecule has 1 heterocycles. The van der Waals surface area contributed by atoms with Gasteiger partial charge < -0.3 is 5.32 Å². The van der Waals surface area contributed by atoms with Crippen molar-refractivity contribution in [2.24, 2.45) is 0 Å². The van der Waals surface area contributed by atoms with E-state index in [9.17, 15) is 10.1 Å². The lowest BCUT2D eigenvalue weighted by atomic mass is 10.1. The van der Waals surface area contributed by atoms with Crippen LogP contribution in [0.15, 0.2) is 18.2 Å². The summed E-state index contributed by atoms with van der Waals surface area (Å²) < 4.78 is 0. The normalized spacial score (nSPS) is 18.3. The van der Waals surface area contributed by atoms with Crippen molar-refractivity contribution in [3.05, 3.63) is 33.9 Å². The zero-order valence-electron chi connectivity index (χ0n) is 9.76. The van der Waals surface area contributed by atoms with Crippen LogP contribution in [0, 0.1) is 21.4 Å². The van der Waals surface area contributed by atoms with Crippen molar-refractivity contribution in [3.8, 4) is 6.07 Å². The highest BCUT2D eigenvalue weighted by Gasteiger charge is 2.17. The van der Waals surface area contributed by atoms with Crippen molar-refractivity contribution < 1.29 is 4.92 Å². The van der Waals surface area contributed by atoms with Crippen molar-refractivity contribution in [2.45, 2.75) is 18.1 Å². The average Bonchev–Trinajstić information content (AvgIpc) is 2.89. The monoisotopic (exact) mass is 263 g/mol. The van der Waals surface area contributed by atoms with E-state index in [2.05, 4.69) is 5.32 Å². The Balaban J connectivity index is 2.07. The van der Waals surface area contributed by atoms with Crippen molar-refractivity contribution in [1.29, 1.82) is 5.26 Å². The molecule has 1 fully saturated rings. The lowest BCUT2D eigenvalue weighted by molar-refractivity contribution is -0.385. The number of nitro benzene ring substituents is 1. The van der Waals surface area contributed by atoms with Gasteiger partial charge in [-0.25, -0.2) is 0 Å². The van der Waals surface area contributed by atoms with E-state index in [0.717, 1.165) is 6.54 Å². The summed E-state index contributed by atoms with van der Waals surface area (Å²) in [5, 5.41) is 23.4. The summed E-state index contributed by atoms with van der Waals surface area (Å²) in [7, 11) is 0. The topological polar surface area (TPSA) is 79.0 Å². The number of hydrogen-bond acceptors (Lipinski definition) is 5. The lowest BCUT2D eigenvalue weighted by Gasteiger charge is -2.11. The van der Waals surface area contributed by atoms with Gasteiger partial charge in [0.1, 0.15) is 11.6 Å². The maximum absolute atomic E-state index is 10.8. The zero-order chi connectivity index (χ0) is 13.0. The predicted molar refractivity (Wildman–Crippen MR) is 71.8 cm³/mol. The van der Waals surface area contributed by atoms with Crippen molar-refractivity contribution >= 4 is 23.1 Å². The molecule has 1 aromatic carbocycles. The Morgan fingerprint density at radius 1 is 1.61 bits per heavy atom. The van der Waals surface area contributed by atoms with Crippen LogP contribution >= 0.6 is 11.8 Å². The van der Waals surface area contributed by atoms with E-state index in [4.69, 9.17) is 5.26 Å². The summed E-state index contributed by atoms with van der Waals surface area (Å²) >= 11 is 1.93. The van der Waals surface area contributed by atoms with Gasteiger partial charge in [-0.1, -0.05) is 0 Å². The Hall–Kier alpha value is -1.74. The van der Waals surface area contributed by atoms with Gasteiger partial charge in [0.05, 0.1) is 4.92 Å². The lowest BCUT2D eigenvalue weighted by Crippen LogP contribution is -2.13. The van der Waals surface area contributed by atoms with Gasteiger partial charge in [0.2, 0.25) is 0 Å². The third kappa shape index (κ3) is 2.93. The van der Waals surface area contributed by atoms with Gasteiger partial charge in [0, 0.05) is 23.5 Å². The number of benzene rings is 1. The molecular formula is C12H13N3O2S. The molecule has 0 spiro atoms. The Labute approximate surface area is 109 Å². The molecule has 1 N–H and O–H groups in total. The fourth-order valence-electron chi connectivity index (χ4n) is 1.92. The van der Waals surface area contributed by atoms with Crippen LogP contribution in [0.25, 0.3) is 0 Å². The van der Waals surface area contributed by atoms with E-state index in [-0.39, 0.29) is 11.3 Å². The van der Waals surface area contributed by atoms with E-state index < -0.39 is 4.92 Å². The van der Waals surface area contributed by atoms with Gasteiger partial charge in [-0.05, 0) is 30.7 Å². The maximum Gasteiger partial charge on any atom is 0.289 e. The highest BCUT2D eigenvalue weighted by Crippen LogP contribution is 2.27. The average molecular weight is 263 g/mol. The first-order valence-corrected chi connectivity index (χ1v) is 6.79. The van der Waals surface area contributed by atoms with E-state index in [1.807, 2.05) is 17.8 Å². The molecule has 0 saturated carbocycles. The summed E-state index contributed by atoms with van der Waals surface area (Å²) in [5.41, 5.74) is 0.663. The molecule has 1 unspecified atom stereocenters. The van der Waals surface area contributed by atoms with Crippen LogP contribution in [0.2, 0.25) is 0 Å². The molecule has 0 aliphatic carbocycles. The molecule has 1 aliphatic heterocycles. The molecule has 1 aliphatic rings. The van der Waals surface area contributed by atoms with Crippen LogP contribution in [0.3, 0.4) is 0 Å². The van der Waals surface area contributed by atoms with Gasteiger partial charge in [0.15, 0.2) is 0 Å². The summed E-state index contributed by atoms with van der Waals surface area (Å²) in [6.45, 7) is 0.813. The number of nitrogens with one attached hydrogen (secondary N) is 1. The number of nitrogens with zero attached hydrogens (tertiary/aromatic N) is 2. The molecule has 0 aromatic heterocycles. The first-order chi connectivity index (χ1) is 8.70. The summed E-state index contributed by atoms with van der Waals surface area (Å²) in [6.07, 6.45) is 2.43.